The first-order valence-electron chi connectivity index (χ1n) is 7.50. The third-order valence-electron chi connectivity index (χ3n) is 4.49. The highest BCUT2D eigenvalue weighted by atomic mass is 35.5. The molecule has 4 heteroatoms. The largest absolute Gasteiger partial charge is 0.493 e. The van der Waals surface area contributed by atoms with E-state index in [1.165, 1.54) is 5.56 Å². The van der Waals surface area contributed by atoms with Gasteiger partial charge in [0.15, 0.2) is 0 Å². The van der Waals surface area contributed by atoms with E-state index in [1.54, 1.807) is 0 Å². The number of nitrogens with two attached hydrogens (primary N) is 1. The Hall–Kier alpha value is -0.770. The van der Waals surface area contributed by atoms with Gasteiger partial charge in [-0.25, -0.2) is 0 Å². The highest BCUT2D eigenvalue weighted by molar-refractivity contribution is 6.30. The Labute approximate surface area is 125 Å². The Balaban J connectivity index is 1.78. The minimum absolute atomic E-state index is 0.106. The second kappa shape index (κ2) is 5.92. The van der Waals surface area contributed by atoms with Crippen LogP contribution in [0.1, 0.15) is 30.9 Å². The maximum absolute atomic E-state index is 6.44. The topological polar surface area (TPSA) is 44.5 Å². The lowest BCUT2D eigenvalue weighted by Gasteiger charge is -2.24. The zero-order chi connectivity index (χ0) is 14.1. The van der Waals surface area contributed by atoms with Crippen molar-refractivity contribution in [3.05, 3.63) is 28.3 Å². The summed E-state index contributed by atoms with van der Waals surface area (Å²) < 4.78 is 11.5. The van der Waals surface area contributed by atoms with Gasteiger partial charge in [-0.15, -0.1) is 0 Å². The van der Waals surface area contributed by atoms with Gasteiger partial charge in [-0.2, -0.15) is 0 Å². The summed E-state index contributed by atoms with van der Waals surface area (Å²) in [6.45, 7) is 3.75. The smallest absolute Gasteiger partial charge is 0.125 e. The van der Waals surface area contributed by atoms with E-state index in [0.717, 1.165) is 55.2 Å². The molecule has 2 aliphatic rings. The van der Waals surface area contributed by atoms with Crippen molar-refractivity contribution in [1.29, 1.82) is 0 Å². The molecule has 3 unspecified atom stereocenters. The normalized spacial score (nSPS) is 26.4. The Kier molecular flexibility index (Phi) is 4.20. The van der Waals surface area contributed by atoms with Crippen LogP contribution in [-0.4, -0.2) is 25.4 Å². The summed E-state index contributed by atoms with van der Waals surface area (Å²) in [6.07, 6.45) is 4.15. The zero-order valence-corrected chi connectivity index (χ0v) is 12.7. The van der Waals surface area contributed by atoms with Crippen molar-refractivity contribution in [3.63, 3.8) is 0 Å². The molecule has 1 aromatic carbocycles. The molecular formula is C16H22ClNO2. The van der Waals surface area contributed by atoms with Crippen LogP contribution >= 0.6 is 11.6 Å². The van der Waals surface area contributed by atoms with E-state index in [-0.39, 0.29) is 6.04 Å². The average Bonchev–Trinajstić information content (AvgIpc) is 3.06. The molecule has 2 heterocycles. The monoisotopic (exact) mass is 295 g/mol. The second-order valence-corrected chi connectivity index (χ2v) is 6.23. The van der Waals surface area contributed by atoms with Crippen LogP contribution in [-0.2, 0) is 17.6 Å². The van der Waals surface area contributed by atoms with Gasteiger partial charge in [0, 0.05) is 30.0 Å². The minimum atomic E-state index is 0.106. The van der Waals surface area contributed by atoms with Crippen molar-refractivity contribution in [2.75, 3.05) is 13.2 Å². The number of benzene rings is 1. The molecule has 0 spiro atoms. The molecule has 0 radical (unpaired) electrons. The van der Waals surface area contributed by atoms with Crippen LogP contribution in [0.15, 0.2) is 12.1 Å². The van der Waals surface area contributed by atoms with Gasteiger partial charge >= 0.3 is 0 Å². The average molecular weight is 296 g/mol. The van der Waals surface area contributed by atoms with Crippen LogP contribution in [0.5, 0.6) is 5.75 Å². The van der Waals surface area contributed by atoms with Crippen LogP contribution in [0.3, 0.4) is 0 Å². The molecule has 0 amide bonds. The standard InChI is InChI=1S/C16H22ClNO2/c1-2-15-13(4-6-19-15)14(18)9-11-8-12(17)7-10-3-5-20-16(10)11/h7-8,13-15H,2-6,9,18H2,1H3. The molecular weight excluding hydrogens is 274 g/mol. The van der Waals surface area contributed by atoms with E-state index >= 15 is 0 Å². The lowest BCUT2D eigenvalue weighted by molar-refractivity contribution is 0.0813. The molecule has 0 aromatic heterocycles. The number of ether oxygens (including phenoxy) is 2. The Morgan fingerprint density at radius 1 is 1.40 bits per heavy atom. The fourth-order valence-corrected chi connectivity index (χ4v) is 3.74. The van der Waals surface area contributed by atoms with E-state index in [2.05, 4.69) is 6.92 Å². The first-order valence-corrected chi connectivity index (χ1v) is 7.88. The number of hydrogen-bond acceptors (Lipinski definition) is 3. The predicted octanol–water partition coefficient (Wildman–Crippen LogP) is 2.96. The molecule has 20 heavy (non-hydrogen) atoms. The highest BCUT2D eigenvalue weighted by Crippen LogP contribution is 2.35. The van der Waals surface area contributed by atoms with Gasteiger partial charge in [-0.1, -0.05) is 18.5 Å². The molecule has 0 saturated carbocycles. The predicted molar refractivity (Wildman–Crippen MR) is 80.5 cm³/mol. The molecule has 3 nitrogen and oxygen atoms in total. The Morgan fingerprint density at radius 3 is 3.05 bits per heavy atom. The summed E-state index contributed by atoms with van der Waals surface area (Å²) >= 11 is 6.21. The molecule has 1 fully saturated rings. The lowest BCUT2D eigenvalue weighted by atomic mass is 9.87. The second-order valence-electron chi connectivity index (χ2n) is 5.79. The van der Waals surface area contributed by atoms with Gasteiger partial charge in [0.2, 0.25) is 0 Å². The molecule has 3 rings (SSSR count). The van der Waals surface area contributed by atoms with Gasteiger partial charge in [-0.05, 0) is 42.5 Å². The maximum atomic E-state index is 6.44. The quantitative estimate of drug-likeness (QED) is 0.929. The fraction of sp³-hybridized carbons (Fsp3) is 0.625. The number of halogens is 1. The van der Waals surface area contributed by atoms with Crippen molar-refractivity contribution in [2.45, 2.75) is 44.8 Å². The molecule has 3 atom stereocenters. The summed E-state index contributed by atoms with van der Waals surface area (Å²) in [5.74, 6) is 1.45. The summed E-state index contributed by atoms with van der Waals surface area (Å²) in [7, 11) is 0. The van der Waals surface area contributed by atoms with E-state index in [0.29, 0.717) is 12.0 Å². The number of hydrogen-bond donors (Lipinski definition) is 1. The van der Waals surface area contributed by atoms with E-state index in [1.807, 2.05) is 12.1 Å². The van der Waals surface area contributed by atoms with Crippen molar-refractivity contribution in [2.24, 2.45) is 11.7 Å². The summed E-state index contributed by atoms with van der Waals surface area (Å²) in [6, 6.07) is 4.11. The van der Waals surface area contributed by atoms with Crippen molar-refractivity contribution >= 4 is 11.6 Å². The van der Waals surface area contributed by atoms with Gasteiger partial charge in [0.1, 0.15) is 5.75 Å². The van der Waals surface area contributed by atoms with Gasteiger partial charge < -0.3 is 15.2 Å². The molecule has 0 bridgehead atoms. The van der Waals surface area contributed by atoms with E-state index in [4.69, 9.17) is 26.8 Å². The van der Waals surface area contributed by atoms with Crippen LogP contribution < -0.4 is 10.5 Å². The van der Waals surface area contributed by atoms with Crippen LogP contribution in [0.25, 0.3) is 0 Å². The van der Waals surface area contributed by atoms with Crippen molar-refractivity contribution in [3.8, 4) is 5.75 Å². The van der Waals surface area contributed by atoms with Crippen molar-refractivity contribution in [1.82, 2.24) is 0 Å². The van der Waals surface area contributed by atoms with Gasteiger partial charge in [-0.3, -0.25) is 0 Å². The number of rotatable bonds is 4. The molecule has 110 valence electrons. The van der Waals surface area contributed by atoms with Gasteiger partial charge in [0.25, 0.3) is 0 Å². The zero-order valence-electron chi connectivity index (χ0n) is 11.9. The SMILES string of the molecule is CCC1OCCC1C(N)Cc1cc(Cl)cc2c1OCC2. The highest BCUT2D eigenvalue weighted by Gasteiger charge is 2.32. The van der Waals surface area contributed by atoms with Gasteiger partial charge in [0.05, 0.1) is 12.7 Å². The molecule has 2 N–H and O–H groups in total. The molecule has 0 aliphatic carbocycles. The molecule has 1 aromatic rings. The fourth-order valence-electron chi connectivity index (χ4n) is 3.48. The molecule has 2 aliphatic heterocycles. The van der Waals surface area contributed by atoms with Crippen molar-refractivity contribution < 1.29 is 9.47 Å². The Morgan fingerprint density at radius 2 is 2.25 bits per heavy atom. The lowest BCUT2D eigenvalue weighted by Crippen LogP contribution is -2.37. The van der Waals surface area contributed by atoms with Crippen LogP contribution in [0, 0.1) is 5.92 Å². The van der Waals surface area contributed by atoms with Crippen LogP contribution in [0.2, 0.25) is 5.02 Å². The first kappa shape index (κ1) is 14.2. The summed E-state index contributed by atoms with van der Waals surface area (Å²) in [5, 5.41) is 0.783. The third kappa shape index (κ3) is 2.67. The summed E-state index contributed by atoms with van der Waals surface area (Å²) in [5.41, 5.74) is 8.81. The molecule has 1 saturated heterocycles. The van der Waals surface area contributed by atoms with E-state index in [9.17, 15) is 0 Å². The number of fused-ring (bicyclic) bond motifs is 1. The maximum Gasteiger partial charge on any atom is 0.125 e. The summed E-state index contributed by atoms with van der Waals surface area (Å²) in [4.78, 5) is 0. The third-order valence-corrected chi connectivity index (χ3v) is 4.71. The van der Waals surface area contributed by atoms with Crippen LogP contribution in [0.4, 0.5) is 0 Å². The first-order chi connectivity index (χ1) is 9.69. The minimum Gasteiger partial charge on any atom is -0.493 e. The Bertz CT molecular complexity index is 492. The van der Waals surface area contributed by atoms with E-state index < -0.39 is 0 Å².